The van der Waals surface area contributed by atoms with Crippen molar-refractivity contribution in [2.75, 3.05) is 6.61 Å². The molecule has 1 aromatic rings. The maximum atomic E-state index is 11.7. The molecule has 0 radical (unpaired) electrons. The Morgan fingerprint density at radius 3 is 2.29 bits per heavy atom. The van der Waals surface area contributed by atoms with Gasteiger partial charge < -0.3 is 9.47 Å². The minimum absolute atomic E-state index is 0.0500. The molecular weight excluding hydrogens is 268 g/mol. The summed E-state index contributed by atoms with van der Waals surface area (Å²) >= 11 is 0. The number of hydrogen-bond donors (Lipinski definition) is 0. The van der Waals surface area contributed by atoms with Crippen molar-refractivity contribution in [3.05, 3.63) is 35.4 Å². The quantitative estimate of drug-likeness (QED) is 0.544. The SMILES string of the molecule is CCOC(=O)C(=O)CCC(OC(C)C)c1ccc(C)cc1. The number of carbonyl (C=O) groups is 2. The van der Waals surface area contributed by atoms with Crippen molar-refractivity contribution in [3.63, 3.8) is 0 Å². The molecule has 0 saturated carbocycles. The number of ether oxygens (including phenoxy) is 2. The van der Waals surface area contributed by atoms with E-state index in [1.54, 1.807) is 6.92 Å². The van der Waals surface area contributed by atoms with Crippen LogP contribution in [0.2, 0.25) is 0 Å². The first kappa shape index (κ1) is 17.4. The summed E-state index contributed by atoms with van der Waals surface area (Å²) in [6.45, 7) is 7.83. The molecule has 0 aliphatic rings. The Morgan fingerprint density at radius 1 is 1.14 bits per heavy atom. The summed E-state index contributed by atoms with van der Waals surface area (Å²) in [6.07, 6.45) is 0.459. The van der Waals surface area contributed by atoms with E-state index in [9.17, 15) is 9.59 Å². The number of rotatable bonds is 8. The summed E-state index contributed by atoms with van der Waals surface area (Å²) in [4.78, 5) is 23.0. The van der Waals surface area contributed by atoms with Crippen molar-refractivity contribution in [2.45, 2.75) is 52.7 Å². The molecule has 0 fully saturated rings. The van der Waals surface area contributed by atoms with Crippen LogP contribution >= 0.6 is 0 Å². The van der Waals surface area contributed by atoms with Gasteiger partial charge in [0.2, 0.25) is 5.78 Å². The lowest BCUT2D eigenvalue weighted by Crippen LogP contribution is -2.19. The zero-order chi connectivity index (χ0) is 15.8. The fourth-order valence-corrected chi connectivity index (χ4v) is 2.00. The number of esters is 1. The average Bonchev–Trinajstić information content (AvgIpc) is 2.44. The number of hydrogen-bond acceptors (Lipinski definition) is 4. The first-order valence-electron chi connectivity index (χ1n) is 7.36. The highest BCUT2D eigenvalue weighted by atomic mass is 16.5. The van der Waals surface area contributed by atoms with Gasteiger partial charge in [0.05, 0.1) is 18.8 Å². The van der Waals surface area contributed by atoms with E-state index in [0.29, 0.717) is 6.42 Å². The predicted molar refractivity (Wildman–Crippen MR) is 81.0 cm³/mol. The Hall–Kier alpha value is -1.68. The molecule has 0 heterocycles. The molecule has 0 aromatic heterocycles. The van der Waals surface area contributed by atoms with Crippen LogP contribution in [0, 0.1) is 6.92 Å². The third kappa shape index (κ3) is 6.08. The molecule has 21 heavy (non-hydrogen) atoms. The molecule has 4 nitrogen and oxygen atoms in total. The van der Waals surface area contributed by atoms with Gasteiger partial charge in [-0.05, 0) is 39.7 Å². The van der Waals surface area contributed by atoms with Crippen molar-refractivity contribution in [1.82, 2.24) is 0 Å². The van der Waals surface area contributed by atoms with E-state index in [1.807, 2.05) is 45.0 Å². The minimum Gasteiger partial charge on any atom is -0.460 e. The van der Waals surface area contributed by atoms with Crippen LogP contribution in [0.25, 0.3) is 0 Å². The predicted octanol–water partition coefficient (Wildman–Crippen LogP) is 3.37. The van der Waals surface area contributed by atoms with Gasteiger partial charge in [-0.15, -0.1) is 0 Å². The van der Waals surface area contributed by atoms with Crippen molar-refractivity contribution >= 4 is 11.8 Å². The second-order valence-corrected chi connectivity index (χ2v) is 5.27. The Morgan fingerprint density at radius 2 is 1.76 bits per heavy atom. The number of aryl methyl sites for hydroxylation is 1. The second kappa shape index (κ2) is 8.57. The Bertz CT molecular complexity index is 462. The highest BCUT2D eigenvalue weighted by Gasteiger charge is 2.20. The topological polar surface area (TPSA) is 52.6 Å². The van der Waals surface area contributed by atoms with Crippen LogP contribution in [-0.4, -0.2) is 24.5 Å². The minimum atomic E-state index is -0.760. The van der Waals surface area contributed by atoms with E-state index in [-0.39, 0.29) is 25.2 Å². The summed E-state index contributed by atoms with van der Waals surface area (Å²) in [5, 5.41) is 0. The van der Waals surface area contributed by atoms with Gasteiger partial charge in [-0.1, -0.05) is 29.8 Å². The van der Waals surface area contributed by atoms with E-state index in [4.69, 9.17) is 9.47 Å². The number of benzene rings is 1. The Labute approximate surface area is 126 Å². The van der Waals surface area contributed by atoms with Gasteiger partial charge >= 0.3 is 5.97 Å². The van der Waals surface area contributed by atoms with Crippen molar-refractivity contribution < 1.29 is 19.1 Å². The van der Waals surface area contributed by atoms with Gasteiger partial charge in [0.15, 0.2) is 0 Å². The lowest BCUT2D eigenvalue weighted by Gasteiger charge is -2.20. The lowest BCUT2D eigenvalue weighted by atomic mass is 10.0. The van der Waals surface area contributed by atoms with Gasteiger partial charge in [-0.25, -0.2) is 4.79 Å². The monoisotopic (exact) mass is 292 g/mol. The molecule has 1 rings (SSSR count). The molecule has 0 saturated heterocycles. The van der Waals surface area contributed by atoms with E-state index < -0.39 is 11.8 Å². The first-order chi connectivity index (χ1) is 9.93. The molecule has 1 aromatic carbocycles. The fourth-order valence-electron chi connectivity index (χ4n) is 2.00. The molecule has 1 unspecified atom stereocenters. The van der Waals surface area contributed by atoms with Gasteiger partial charge in [-0.2, -0.15) is 0 Å². The lowest BCUT2D eigenvalue weighted by molar-refractivity contribution is -0.153. The third-order valence-electron chi connectivity index (χ3n) is 3.02. The van der Waals surface area contributed by atoms with E-state index in [0.717, 1.165) is 5.56 Å². The van der Waals surface area contributed by atoms with Crippen molar-refractivity contribution in [3.8, 4) is 0 Å². The zero-order valence-corrected chi connectivity index (χ0v) is 13.2. The Balaban J connectivity index is 2.68. The van der Waals surface area contributed by atoms with Gasteiger partial charge in [0, 0.05) is 6.42 Å². The average molecular weight is 292 g/mol. The van der Waals surface area contributed by atoms with Gasteiger partial charge in [0.1, 0.15) is 0 Å². The first-order valence-corrected chi connectivity index (χ1v) is 7.36. The van der Waals surface area contributed by atoms with Crippen LogP contribution in [0.1, 0.15) is 50.8 Å². The summed E-state index contributed by atoms with van der Waals surface area (Å²) < 4.78 is 10.6. The molecule has 0 amide bonds. The second-order valence-electron chi connectivity index (χ2n) is 5.27. The number of Topliss-reactive ketones (excluding diaryl/α,β-unsaturated/α-hetero) is 1. The smallest absolute Gasteiger partial charge is 0.374 e. The summed E-state index contributed by atoms with van der Waals surface area (Å²) in [5.41, 5.74) is 2.19. The molecule has 0 bridgehead atoms. The fraction of sp³-hybridized carbons (Fsp3) is 0.529. The van der Waals surface area contributed by atoms with E-state index >= 15 is 0 Å². The van der Waals surface area contributed by atoms with Crippen molar-refractivity contribution in [2.24, 2.45) is 0 Å². The molecule has 0 aliphatic heterocycles. The van der Waals surface area contributed by atoms with E-state index in [2.05, 4.69) is 0 Å². The molecule has 0 N–H and O–H groups in total. The molecule has 0 spiro atoms. The molecule has 0 aliphatic carbocycles. The zero-order valence-electron chi connectivity index (χ0n) is 13.2. The van der Waals surface area contributed by atoms with Crippen LogP contribution in [-0.2, 0) is 19.1 Å². The molecule has 1 atom stereocenters. The highest BCUT2D eigenvalue weighted by molar-refractivity contribution is 6.33. The van der Waals surface area contributed by atoms with E-state index in [1.165, 1.54) is 5.56 Å². The maximum Gasteiger partial charge on any atom is 0.374 e. The summed E-state index contributed by atoms with van der Waals surface area (Å²) in [7, 11) is 0. The maximum absolute atomic E-state index is 11.7. The van der Waals surface area contributed by atoms with Crippen LogP contribution in [0.5, 0.6) is 0 Å². The van der Waals surface area contributed by atoms with Gasteiger partial charge in [-0.3, -0.25) is 4.79 Å². The third-order valence-corrected chi connectivity index (χ3v) is 3.02. The summed E-state index contributed by atoms with van der Waals surface area (Å²) in [6, 6.07) is 8.02. The number of carbonyl (C=O) groups excluding carboxylic acids is 2. The molecular formula is C17H24O4. The van der Waals surface area contributed by atoms with Crippen LogP contribution in [0.3, 0.4) is 0 Å². The summed E-state index contributed by atoms with van der Waals surface area (Å²) in [5.74, 6) is -1.26. The molecule has 116 valence electrons. The highest BCUT2D eigenvalue weighted by Crippen LogP contribution is 2.25. The normalized spacial score (nSPS) is 12.2. The van der Waals surface area contributed by atoms with Gasteiger partial charge in [0.25, 0.3) is 0 Å². The largest absolute Gasteiger partial charge is 0.460 e. The molecule has 4 heteroatoms. The van der Waals surface area contributed by atoms with Crippen LogP contribution < -0.4 is 0 Å². The van der Waals surface area contributed by atoms with Crippen LogP contribution in [0.4, 0.5) is 0 Å². The van der Waals surface area contributed by atoms with Crippen LogP contribution in [0.15, 0.2) is 24.3 Å². The number of ketones is 1. The standard InChI is InChI=1S/C17H24O4/c1-5-20-17(19)15(18)10-11-16(21-12(2)3)14-8-6-13(4)7-9-14/h6-9,12,16H,5,10-11H2,1-4H3. The van der Waals surface area contributed by atoms with Crippen molar-refractivity contribution in [1.29, 1.82) is 0 Å². The Kier molecular flexibility index (Phi) is 7.09.